The number of hydrogen-bond donors (Lipinski definition) is 2. The minimum atomic E-state index is 0.141. The molecule has 0 bridgehead atoms. The average Bonchev–Trinajstić information content (AvgIpc) is 2.36. The second-order valence-electron chi connectivity index (χ2n) is 4.31. The number of hydrogen-bond acceptors (Lipinski definition) is 4. The number of thioether (sulfide) groups is 1. The Bertz CT molecular complexity index is 209. The van der Waals surface area contributed by atoms with E-state index in [1.54, 1.807) is 11.8 Å². The van der Waals surface area contributed by atoms with Crippen molar-refractivity contribution < 1.29 is 9.53 Å². The van der Waals surface area contributed by atoms with Crippen molar-refractivity contribution in [3.63, 3.8) is 0 Å². The molecule has 0 spiro atoms. The van der Waals surface area contributed by atoms with Crippen molar-refractivity contribution in [2.75, 3.05) is 38.2 Å². The van der Waals surface area contributed by atoms with Crippen LogP contribution in [0.15, 0.2) is 0 Å². The van der Waals surface area contributed by atoms with Gasteiger partial charge in [0.1, 0.15) is 0 Å². The Labute approximate surface area is 108 Å². The Morgan fingerprint density at radius 2 is 2.29 bits per heavy atom. The predicted molar refractivity (Wildman–Crippen MR) is 72.5 cm³/mol. The van der Waals surface area contributed by atoms with Crippen LogP contribution in [0.1, 0.15) is 25.7 Å². The van der Waals surface area contributed by atoms with E-state index in [-0.39, 0.29) is 5.91 Å². The maximum Gasteiger partial charge on any atom is 0.229 e. The van der Waals surface area contributed by atoms with Crippen molar-refractivity contribution in [3.8, 4) is 0 Å². The topological polar surface area (TPSA) is 50.4 Å². The molecule has 0 aromatic heterocycles. The van der Waals surface area contributed by atoms with Crippen LogP contribution in [0, 0.1) is 0 Å². The molecule has 4 nitrogen and oxygen atoms in total. The maximum atomic E-state index is 11.5. The molecule has 1 amide bonds. The van der Waals surface area contributed by atoms with Gasteiger partial charge in [-0.2, -0.15) is 0 Å². The highest BCUT2D eigenvalue weighted by molar-refractivity contribution is 7.99. The monoisotopic (exact) mass is 260 g/mol. The van der Waals surface area contributed by atoms with Crippen molar-refractivity contribution in [2.24, 2.45) is 0 Å². The largest absolute Gasteiger partial charge is 0.377 e. The molecule has 1 heterocycles. The summed E-state index contributed by atoms with van der Waals surface area (Å²) in [7, 11) is 1.92. The zero-order chi connectivity index (χ0) is 12.3. The van der Waals surface area contributed by atoms with Crippen molar-refractivity contribution in [3.05, 3.63) is 0 Å². The lowest BCUT2D eigenvalue weighted by molar-refractivity contribution is -0.118. The lowest BCUT2D eigenvalue weighted by Crippen LogP contribution is -2.29. The van der Waals surface area contributed by atoms with E-state index < -0.39 is 0 Å². The fourth-order valence-corrected chi connectivity index (χ4v) is 2.70. The molecule has 0 aromatic rings. The zero-order valence-electron chi connectivity index (χ0n) is 10.7. The standard InChI is InChI=1S/C12H24N2O2S/c1-13-6-4-7-14-12(15)10-17-9-11-5-2-3-8-16-11/h11,13H,2-10H2,1H3,(H,14,15). The Morgan fingerprint density at radius 1 is 1.41 bits per heavy atom. The second-order valence-corrected chi connectivity index (χ2v) is 5.34. The Kier molecular flexibility index (Phi) is 8.48. The van der Waals surface area contributed by atoms with Gasteiger partial charge in [0.2, 0.25) is 5.91 Å². The zero-order valence-corrected chi connectivity index (χ0v) is 11.5. The molecule has 1 aliphatic rings. The number of carbonyl (C=O) groups is 1. The van der Waals surface area contributed by atoms with Crippen LogP contribution in [0.25, 0.3) is 0 Å². The Balaban J connectivity index is 1.92. The van der Waals surface area contributed by atoms with Gasteiger partial charge in [0.15, 0.2) is 0 Å². The molecule has 2 N–H and O–H groups in total. The Hall–Kier alpha value is -0.260. The summed E-state index contributed by atoms with van der Waals surface area (Å²) in [4.78, 5) is 11.5. The van der Waals surface area contributed by atoms with E-state index in [0.717, 1.165) is 38.3 Å². The normalized spacial score (nSPS) is 20.2. The molecular weight excluding hydrogens is 236 g/mol. The van der Waals surface area contributed by atoms with Crippen LogP contribution in [-0.2, 0) is 9.53 Å². The molecule has 1 aliphatic heterocycles. The molecule has 1 saturated heterocycles. The van der Waals surface area contributed by atoms with E-state index in [9.17, 15) is 4.79 Å². The van der Waals surface area contributed by atoms with Crippen LogP contribution >= 0.6 is 11.8 Å². The summed E-state index contributed by atoms with van der Waals surface area (Å²) >= 11 is 1.68. The van der Waals surface area contributed by atoms with E-state index in [1.165, 1.54) is 12.8 Å². The van der Waals surface area contributed by atoms with E-state index in [2.05, 4.69) is 10.6 Å². The molecule has 0 saturated carbocycles. The third-order valence-electron chi connectivity index (χ3n) is 2.74. The first-order chi connectivity index (χ1) is 8.33. The lowest BCUT2D eigenvalue weighted by Gasteiger charge is -2.21. The number of rotatable bonds is 8. The molecule has 1 unspecified atom stereocenters. The molecular formula is C12H24N2O2S. The van der Waals surface area contributed by atoms with Gasteiger partial charge in [-0.15, -0.1) is 11.8 Å². The van der Waals surface area contributed by atoms with Gasteiger partial charge in [-0.05, 0) is 39.3 Å². The quantitative estimate of drug-likeness (QED) is 0.640. The highest BCUT2D eigenvalue weighted by Gasteiger charge is 2.14. The van der Waals surface area contributed by atoms with Crippen LogP contribution in [0.4, 0.5) is 0 Å². The number of ether oxygens (including phenoxy) is 1. The third-order valence-corrected chi connectivity index (χ3v) is 3.81. The highest BCUT2D eigenvalue weighted by Crippen LogP contribution is 2.16. The van der Waals surface area contributed by atoms with Crippen LogP contribution in [-0.4, -0.2) is 50.3 Å². The van der Waals surface area contributed by atoms with Gasteiger partial charge < -0.3 is 15.4 Å². The van der Waals surface area contributed by atoms with E-state index in [0.29, 0.717) is 11.9 Å². The molecule has 0 aliphatic carbocycles. The fourth-order valence-electron chi connectivity index (χ4n) is 1.77. The summed E-state index contributed by atoms with van der Waals surface area (Å²) in [6, 6.07) is 0. The van der Waals surface area contributed by atoms with Crippen molar-refractivity contribution in [1.29, 1.82) is 0 Å². The molecule has 0 aromatic carbocycles. The SMILES string of the molecule is CNCCCNC(=O)CSCC1CCCCO1. The molecule has 100 valence electrons. The van der Waals surface area contributed by atoms with Crippen LogP contribution in [0.2, 0.25) is 0 Å². The first-order valence-corrected chi connectivity index (χ1v) is 7.59. The van der Waals surface area contributed by atoms with Crippen molar-refractivity contribution in [1.82, 2.24) is 10.6 Å². The first kappa shape index (κ1) is 14.8. The number of nitrogens with one attached hydrogen (secondary N) is 2. The van der Waals surface area contributed by atoms with Gasteiger partial charge in [0.25, 0.3) is 0 Å². The molecule has 17 heavy (non-hydrogen) atoms. The predicted octanol–water partition coefficient (Wildman–Crippen LogP) is 1.01. The van der Waals surface area contributed by atoms with Gasteiger partial charge in [-0.25, -0.2) is 0 Å². The minimum Gasteiger partial charge on any atom is -0.377 e. The van der Waals surface area contributed by atoms with Crippen LogP contribution in [0.3, 0.4) is 0 Å². The smallest absolute Gasteiger partial charge is 0.229 e. The summed E-state index contributed by atoms with van der Waals surface area (Å²) in [6.45, 7) is 2.60. The fraction of sp³-hybridized carbons (Fsp3) is 0.917. The minimum absolute atomic E-state index is 0.141. The summed E-state index contributed by atoms with van der Waals surface area (Å²) in [5.41, 5.74) is 0. The van der Waals surface area contributed by atoms with E-state index in [4.69, 9.17) is 4.74 Å². The van der Waals surface area contributed by atoms with E-state index >= 15 is 0 Å². The number of carbonyl (C=O) groups excluding carboxylic acids is 1. The average molecular weight is 260 g/mol. The van der Waals surface area contributed by atoms with Crippen LogP contribution < -0.4 is 10.6 Å². The molecule has 0 radical (unpaired) electrons. The summed E-state index contributed by atoms with van der Waals surface area (Å²) in [5.74, 6) is 1.64. The van der Waals surface area contributed by atoms with Gasteiger partial charge >= 0.3 is 0 Å². The highest BCUT2D eigenvalue weighted by atomic mass is 32.2. The summed E-state index contributed by atoms with van der Waals surface area (Å²) in [5, 5.41) is 5.97. The van der Waals surface area contributed by atoms with Gasteiger partial charge in [-0.1, -0.05) is 0 Å². The van der Waals surface area contributed by atoms with Crippen molar-refractivity contribution in [2.45, 2.75) is 31.8 Å². The third kappa shape index (κ3) is 7.63. The van der Waals surface area contributed by atoms with Gasteiger partial charge in [-0.3, -0.25) is 4.79 Å². The molecule has 5 heteroatoms. The lowest BCUT2D eigenvalue weighted by atomic mass is 10.1. The first-order valence-electron chi connectivity index (χ1n) is 6.43. The second kappa shape index (κ2) is 9.74. The molecule has 1 rings (SSSR count). The van der Waals surface area contributed by atoms with Gasteiger partial charge in [0.05, 0.1) is 11.9 Å². The van der Waals surface area contributed by atoms with Gasteiger partial charge in [0, 0.05) is 18.9 Å². The van der Waals surface area contributed by atoms with E-state index in [1.807, 2.05) is 7.05 Å². The summed E-state index contributed by atoms with van der Waals surface area (Å²) < 4.78 is 5.61. The molecule has 1 atom stereocenters. The van der Waals surface area contributed by atoms with Crippen LogP contribution in [0.5, 0.6) is 0 Å². The molecule has 1 fully saturated rings. The summed E-state index contributed by atoms with van der Waals surface area (Å²) in [6.07, 6.45) is 4.95. The Morgan fingerprint density at radius 3 is 3.00 bits per heavy atom. The van der Waals surface area contributed by atoms with Crippen molar-refractivity contribution >= 4 is 17.7 Å². The number of amides is 1. The maximum absolute atomic E-state index is 11.5.